The highest BCUT2D eigenvalue weighted by atomic mass is 32.2. The highest BCUT2D eigenvalue weighted by Gasteiger charge is 2.21. The zero-order valence-electron chi connectivity index (χ0n) is 9.18. The number of rotatable bonds is 4. The Labute approximate surface area is 103 Å². The van der Waals surface area contributed by atoms with Crippen LogP contribution >= 0.6 is 23.1 Å². The summed E-state index contributed by atoms with van der Waals surface area (Å²) in [5.74, 6) is 0.118. The molecule has 1 heterocycles. The van der Waals surface area contributed by atoms with Crippen molar-refractivity contribution in [2.45, 2.75) is 48.2 Å². The van der Waals surface area contributed by atoms with Crippen LogP contribution in [0.4, 0.5) is 0 Å². The quantitative estimate of drug-likeness (QED) is 0.839. The van der Waals surface area contributed by atoms with Crippen molar-refractivity contribution < 1.29 is 4.79 Å². The Morgan fingerprint density at radius 3 is 3.00 bits per heavy atom. The van der Waals surface area contributed by atoms with E-state index in [0.717, 1.165) is 17.2 Å². The maximum Gasteiger partial charge on any atom is 0.233 e. The largest absolute Gasteiger partial charge is 0.352 e. The monoisotopic (exact) mass is 257 g/mol. The molecule has 4 nitrogen and oxygen atoms in total. The average molecular weight is 257 g/mol. The van der Waals surface area contributed by atoms with Crippen LogP contribution in [0.1, 0.15) is 32.6 Å². The van der Waals surface area contributed by atoms with Crippen LogP contribution in [0.2, 0.25) is 0 Å². The minimum atomic E-state index is -0.0893. The zero-order chi connectivity index (χ0) is 11.4. The van der Waals surface area contributed by atoms with Gasteiger partial charge in [0, 0.05) is 6.04 Å². The zero-order valence-corrected chi connectivity index (χ0v) is 10.8. The molecular weight excluding hydrogens is 242 g/mol. The van der Waals surface area contributed by atoms with E-state index in [9.17, 15) is 4.79 Å². The molecule has 0 unspecified atom stereocenters. The van der Waals surface area contributed by atoms with E-state index in [2.05, 4.69) is 15.5 Å². The van der Waals surface area contributed by atoms with Crippen molar-refractivity contribution in [1.82, 2.24) is 15.5 Å². The normalized spacial score (nSPS) is 18.6. The van der Waals surface area contributed by atoms with Crippen LogP contribution in [-0.2, 0) is 4.79 Å². The van der Waals surface area contributed by atoms with Gasteiger partial charge in [-0.2, -0.15) is 0 Å². The van der Waals surface area contributed by atoms with Crippen molar-refractivity contribution in [2.24, 2.45) is 0 Å². The molecule has 0 saturated heterocycles. The summed E-state index contributed by atoms with van der Waals surface area (Å²) in [5, 5.41) is 10.7. The summed E-state index contributed by atoms with van der Waals surface area (Å²) in [6, 6.07) is 0.393. The van der Waals surface area contributed by atoms with Crippen LogP contribution in [0, 0.1) is 0 Å². The van der Waals surface area contributed by atoms with Gasteiger partial charge in [0.2, 0.25) is 5.91 Å². The molecular formula is C10H15N3OS2. The van der Waals surface area contributed by atoms with Crippen LogP contribution in [0.5, 0.6) is 0 Å². The third-order valence-corrected chi connectivity index (χ3v) is 4.60. The van der Waals surface area contributed by atoms with E-state index < -0.39 is 0 Å². The fourth-order valence-corrected chi connectivity index (χ4v) is 3.44. The Morgan fingerprint density at radius 1 is 1.62 bits per heavy atom. The summed E-state index contributed by atoms with van der Waals surface area (Å²) in [5.41, 5.74) is 1.68. The molecule has 0 aromatic carbocycles. The predicted octanol–water partition coefficient (Wildman–Crippen LogP) is 2.08. The first-order valence-corrected chi connectivity index (χ1v) is 7.25. The van der Waals surface area contributed by atoms with E-state index in [1.165, 1.54) is 35.9 Å². The van der Waals surface area contributed by atoms with Gasteiger partial charge in [0.25, 0.3) is 0 Å². The second-order valence-corrected chi connectivity index (χ2v) is 6.38. The molecule has 0 aliphatic heterocycles. The molecule has 1 amide bonds. The molecule has 1 aromatic heterocycles. The van der Waals surface area contributed by atoms with Gasteiger partial charge in [0.05, 0.1) is 5.25 Å². The summed E-state index contributed by atoms with van der Waals surface area (Å²) in [7, 11) is 0. The van der Waals surface area contributed by atoms with Crippen molar-refractivity contribution in [2.75, 3.05) is 0 Å². The first-order chi connectivity index (χ1) is 7.75. The van der Waals surface area contributed by atoms with Crippen molar-refractivity contribution in [3.05, 3.63) is 5.51 Å². The van der Waals surface area contributed by atoms with E-state index in [-0.39, 0.29) is 11.2 Å². The van der Waals surface area contributed by atoms with Gasteiger partial charge in [0.1, 0.15) is 5.51 Å². The number of carbonyl (C=O) groups is 1. The van der Waals surface area contributed by atoms with Crippen LogP contribution in [0.25, 0.3) is 0 Å². The number of aromatic nitrogens is 2. The lowest BCUT2D eigenvalue weighted by Crippen LogP contribution is -2.37. The number of amides is 1. The summed E-state index contributed by atoms with van der Waals surface area (Å²) in [6.07, 6.45) is 4.73. The van der Waals surface area contributed by atoms with E-state index in [1.807, 2.05) is 6.92 Å². The summed E-state index contributed by atoms with van der Waals surface area (Å²) in [4.78, 5) is 11.8. The number of carbonyl (C=O) groups excluding carboxylic acids is 1. The molecule has 1 fully saturated rings. The van der Waals surface area contributed by atoms with Crippen molar-refractivity contribution in [1.29, 1.82) is 0 Å². The minimum absolute atomic E-state index is 0.0893. The summed E-state index contributed by atoms with van der Waals surface area (Å²) >= 11 is 2.95. The average Bonchev–Trinajstić information content (AvgIpc) is 2.90. The van der Waals surface area contributed by atoms with Gasteiger partial charge in [0.15, 0.2) is 4.34 Å². The van der Waals surface area contributed by atoms with Gasteiger partial charge in [-0.15, -0.1) is 10.2 Å². The van der Waals surface area contributed by atoms with Gasteiger partial charge in [-0.25, -0.2) is 0 Å². The van der Waals surface area contributed by atoms with Gasteiger partial charge >= 0.3 is 0 Å². The lowest BCUT2D eigenvalue weighted by atomic mass is 10.2. The van der Waals surface area contributed by atoms with E-state index in [0.29, 0.717) is 6.04 Å². The number of nitrogens with zero attached hydrogens (tertiary/aromatic N) is 2. The van der Waals surface area contributed by atoms with Crippen molar-refractivity contribution >= 4 is 29.0 Å². The maximum absolute atomic E-state index is 11.8. The molecule has 16 heavy (non-hydrogen) atoms. The lowest BCUT2D eigenvalue weighted by molar-refractivity contribution is -0.120. The van der Waals surface area contributed by atoms with Crippen LogP contribution in [-0.4, -0.2) is 27.4 Å². The molecule has 0 radical (unpaired) electrons. The Hall–Kier alpha value is -0.620. The third-order valence-electron chi connectivity index (χ3n) is 2.69. The fraction of sp³-hybridized carbons (Fsp3) is 0.700. The minimum Gasteiger partial charge on any atom is -0.352 e. The topological polar surface area (TPSA) is 54.9 Å². The highest BCUT2D eigenvalue weighted by molar-refractivity contribution is 8.02. The van der Waals surface area contributed by atoms with Crippen molar-refractivity contribution in [3.8, 4) is 0 Å². The standard InChI is InChI=1S/C10H15N3OS2/c1-7(16-10-13-11-6-15-10)9(14)12-8-4-2-3-5-8/h6-8H,2-5H2,1H3,(H,12,14)/t7-/m1/s1. The van der Waals surface area contributed by atoms with Gasteiger partial charge in [-0.3, -0.25) is 4.79 Å². The maximum atomic E-state index is 11.8. The van der Waals surface area contributed by atoms with Gasteiger partial charge < -0.3 is 5.32 Å². The molecule has 1 N–H and O–H groups in total. The number of hydrogen-bond donors (Lipinski definition) is 1. The Balaban J connectivity index is 1.79. The highest BCUT2D eigenvalue weighted by Crippen LogP contribution is 2.25. The number of thioether (sulfide) groups is 1. The molecule has 0 bridgehead atoms. The lowest BCUT2D eigenvalue weighted by Gasteiger charge is -2.15. The Bertz CT molecular complexity index is 336. The summed E-state index contributed by atoms with van der Waals surface area (Å²) < 4.78 is 0.856. The molecule has 1 saturated carbocycles. The number of hydrogen-bond acceptors (Lipinski definition) is 5. The molecule has 0 spiro atoms. The number of nitrogens with one attached hydrogen (secondary N) is 1. The third kappa shape index (κ3) is 3.18. The smallest absolute Gasteiger partial charge is 0.233 e. The summed E-state index contributed by atoms with van der Waals surface area (Å²) in [6.45, 7) is 1.91. The Kier molecular flexibility index (Phi) is 4.17. The van der Waals surface area contributed by atoms with Gasteiger partial charge in [-0.1, -0.05) is 35.9 Å². The second-order valence-electron chi connectivity index (χ2n) is 3.95. The SMILES string of the molecule is C[C@@H](Sc1nncs1)C(=O)NC1CCCC1. The molecule has 1 aromatic rings. The van der Waals surface area contributed by atoms with Crippen LogP contribution in [0.15, 0.2) is 9.85 Å². The van der Waals surface area contributed by atoms with Gasteiger partial charge in [-0.05, 0) is 19.8 Å². The van der Waals surface area contributed by atoms with E-state index in [1.54, 1.807) is 5.51 Å². The Morgan fingerprint density at radius 2 is 2.38 bits per heavy atom. The molecule has 1 aliphatic rings. The second kappa shape index (κ2) is 5.63. The molecule has 1 aliphatic carbocycles. The van der Waals surface area contributed by atoms with Crippen LogP contribution in [0.3, 0.4) is 0 Å². The molecule has 6 heteroatoms. The van der Waals surface area contributed by atoms with Crippen LogP contribution < -0.4 is 5.32 Å². The first-order valence-electron chi connectivity index (χ1n) is 5.49. The van der Waals surface area contributed by atoms with Crippen molar-refractivity contribution in [3.63, 3.8) is 0 Å². The fourth-order valence-electron chi connectivity index (χ4n) is 1.81. The molecule has 1 atom stereocenters. The predicted molar refractivity (Wildman–Crippen MR) is 65.6 cm³/mol. The molecule has 2 rings (SSSR count). The first kappa shape index (κ1) is 11.9. The van der Waals surface area contributed by atoms with E-state index in [4.69, 9.17) is 0 Å². The van der Waals surface area contributed by atoms with E-state index >= 15 is 0 Å². The molecule has 88 valence electrons.